The highest BCUT2D eigenvalue weighted by molar-refractivity contribution is 5.76. The zero-order chi connectivity index (χ0) is 26.6. The number of benzene rings is 2. The molecule has 0 saturated heterocycles. The number of nitrogens with one attached hydrogen (secondary N) is 2. The first-order valence-electron chi connectivity index (χ1n) is 10.4. The number of carbonyl (C=O) groups excluding carboxylic acids is 1. The molecule has 0 aliphatic carbocycles. The molecule has 2 aromatic carbocycles. The first-order chi connectivity index (χ1) is 16.8. The Morgan fingerprint density at radius 1 is 0.917 bits per heavy atom. The molecule has 5 nitrogen and oxygen atoms in total. The minimum atomic E-state index is -4.94. The second-order valence-corrected chi connectivity index (χ2v) is 7.81. The van der Waals surface area contributed by atoms with Crippen LogP contribution in [0.4, 0.5) is 35.5 Å². The molecule has 36 heavy (non-hydrogen) atoms. The van der Waals surface area contributed by atoms with E-state index < -0.39 is 41.8 Å². The van der Waals surface area contributed by atoms with Gasteiger partial charge in [-0.15, -0.1) is 0 Å². The van der Waals surface area contributed by atoms with E-state index in [0.29, 0.717) is 11.6 Å². The summed E-state index contributed by atoms with van der Waals surface area (Å²) in [6, 6.07) is 11.2. The third kappa shape index (κ3) is 6.64. The van der Waals surface area contributed by atoms with Crippen LogP contribution in [0.2, 0.25) is 0 Å². The van der Waals surface area contributed by atoms with Gasteiger partial charge in [0.05, 0.1) is 18.2 Å². The van der Waals surface area contributed by atoms with E-state index in [9.17, 15) is 35.5 Å². The van der Waals surface area contributed by atoms with Crippen molar-refractivity contribution in [3.63, 3.8) is 0 Å². The highest BCUT2D eigenvalue weighted by atomic mass is 19.4. The fourth-order valence-electron chi connectivity index (χ4n) is 3.63. The fourth-order valence-corrected chi connectivity index (χ4v) is 3.63. The SMILES string of the molecule is COc1ccc([C@@](Cc2ccccc2)(NC(=O)NCC(F)(F)F)c2cc(F)cc(C(F)(F)F)c2)cn1. The summed E-state index contributed by atoms with van der Waals surface area (Å²) in [6.07, 6.45) is -8.75. The number of hydrogen-bond donors (Lipinski definition) is 2. The number of hydrogen-bond acceptors (Lipinski definition) is 3. The standard InChI is InChI=1S/C24H20F7N3O2/c1-36-20-8-7-16(13-32-20)22(12-15-5-3-2-4-6-15,34-21(35)33-14-23(26,27)28)17-9-18(24(29,30)31)11-19(25)10-17/h2-11,13H,12,14H2,1H3,(H2,33,34,35)/t22-/m1/s1. The Labute approximate surface area is 201 Å². The molecule has 0 fully saturated rings. The maximum absolute atomic E-state index is 14.5. The van der Waals surface area contributed by atoms with E-state index in [2.05, 4.69) is 10.3 Å². The quantitative estimate of drug-likeness (QED) is 0.403. The largest absolute Gasteiger partial charge is 0.481 e. The Morgan fingerprint density at radius 3 is 2.14 bits per heavy atom. The number of pyridine rings is 1. The highest BCUT2D eigenvalue weighted by Gasteiger charge is 2.40. The lowest BCUT2D eigenvalue weighted by Gasteiger charge is -2.36. The summed E-state index contributed by atoms with van der Waals surface area (Å²) in [7, 11) is 1.32. The number of ether oxygens (including phenoxy) is 1. The Kier molecular flexibility index (Phi) is 7.75. The molecule has 2 amide bonds. The van der Waals surface area contributed by atoms with Crippen molar-refractivity contribution < 1.29 is 40.3 Å². The van der Waals surface area contributed by atoms with E-state index >= 15 is 0 Å². The van der Waals surface area contributed by atoms with Crippen LogP contribution in [0.25, 0.3) is 0 Å². The van der Waals surface area contributed by atoms with Gasteiger partial charge in [0.15, 0.2) is 0 Å². The number of urea groups is 1. The number of methoxy groups -OCH3 is 1. The zero-order valence-corrected chi connectivity index (χ0v) is 18.7. The number of alkyl halides is 6. The lowest BCUT2D eigenvalue weighted by atomic mass is 9.78. The van der Waals surface area contributed by atoms with Gasteiger partial charge in [-0.2, -0.15) is 26.3 Å². The molecule has 2 N–H and O–H groups in total. The van der Waals surface area contributed by atoms with E-state index in [1.807, 2.05) is 0 Å². The molecule has 0 aliphatic rings. The molecule has 0 aliphatic heterocycles. The van der Waals surface area contributed by atoms with Gasteiger partial charge in [-0.3, -0.25) is 0 Å². The van der Waals surface area contributed by atoms with Crippen LogP contribution >= 0.6 is 0 Å². The van der Waals surface area contributed by atoms with E-state index in [1.165, 1.54) is 25.4 Å². The molecule has 0 spiro atoms. The summed E-state index contributed by atoms with van der Waals surface area (Å²) in [4.78, 5) is 16.7. The predicted octanol–water partition coefficient (Wildman–Crippen LogP) is 5.60. The Balaban J connectivity index is 2.25. The number of carbonyl (C=O) groups is 1. The first-order valence-corrected chi connectivity index (χ1v) is 10.4. The normalized spacial score (nSPS) is 13.6. The minimum Gasteiger partial charge on any atom is -0.481 e. The maximum atomic E-state index is 14.5. The monoisotopic (exact) mass is 515 g/mol. The van der Waals surface area contributed by atoms with Crippen LogP contribution < -0.4 is 15.4 Å². The van der Waals surface area contributed by atoms with Crippen LogP contribution in [-0.2, 0) is 18.1 Å². The predicted molar refractivity (Wildman–Crippen MR) is 116 cm³/mol. The Morgan fingerprint density at radius 2 is 1.58 bits per heavy atom. The Hall–Kier alpha value is -3.83. The van der Waals surface area contributed by atoms with E-state index in [1.54, 1.807) is 35.6 Å². The number of rotatable bonds is 7. The molecular formula is C24H20F7N3O2. The van der Waals surface area contributed by atoms with Crippen molar-refractivity contribution >= 4 is 6.03 Å². The lowest BCUT2D eigenvalue weighted by Crippen LogP contribution is -2.53. The van der Waals surface area contributed by atoms with Crippen LogP contribution in [0.5, 0.6) is 5.88 Å². The van der Waals surface area contributed by atoms with Crippen molar-refractivity contribution in [3.8, 4) is 5.88 Å². The molecule has 192 valence electrons. The third-order valence-electron chi connectivity index (χ3n) is 5.24. The third-order valence-corrected chi connectivity index (χ3v) is 5.24. The van der Waals surface area contributed by atoms with E-state index in [-0.39, 0.29) is 29.5 Å². The van der Waals surface area contributed by atoms with Crippen molar-refractivity contribution in [1.29, 1.82) is 0 Å². The zero-order valence-electron chi connectivity index (χ0n) is 18.7. The molecule has 3 aromatic rings. The van der Waals surface area contributed by atoms with Crippen molar-refractivity contribution in [2.75, 3.05) is 13.7 Å². The van der Waals surface area contributed by atoms with Gasteiger partial charge >= 0.3 is 18.4 Å². The van der Waals surface area contributed by atoms with Gasteiger partial charge in [-0.05, 0) is 35.4 Å². The fraction of sp³-hybridized carbons (Fsp3) is 0.250. The minimum absolute atomic E-state index is 0.0769. The molecule has 1 atom stereocenters. The average molecular weight is 515 g/mol. The summed E-state index contributed by atoms with van der Waals surface area (Å²) in [6.45, 7) is -1.70. The van der Waals surface area contributed by atoms with Gasteiger partial charge < -0.3 is 15.4 Å². The van der Waals surface area contributed by atoms with Crippen LogP contribution in [0.3, 0.4) is 0 Å². The second kappa shape index (κ2) is 10.4. The topological polar surface area (TPSA) is 63.2 Å². The molecule has 0 bridgehead atoms. The first kappa shape index (κ1) is 26.8. The van der Waals surface area contributed by atoms with Crippen molar-refractivity contribution in [3.05, 3.63) is 94.9 Å². The highest BCUT2D eigenvalue weighted by Crippen LogP contribution is 2.38. The summed E-state index contributed by atoms with van der Waals surface area (Å²) in [5.41, 5.74) is -3.09. The van der Waals surface area contributed by atoms with E-state index in [4.69, 9.17) is 4.74 Å². The summed E-state index contributed by atoms with van der Waals surface area (Å²) in [5.74, 6) is -1.12. The van der Waals surface area contributed by atoms with E-state index in [0.717, 1.165) is 6.07 Å². The van der Waals surface area contributed by atoms with Crippen LogP contribution in [0.15, 0.2) is 66.9 Å². The number of amides is 2. The molecule has 0 unspecified atom stereocenters. The molecule has 3 rings (SSSR count). The summed E-state index contributed by atoms with van der Waals surface area (Å²) in [5, 5.41) is 4.01. The van der Waals surface area contributed by atoms with Crippen LogP contribution in [0, 0.1) is 5.82 Å². The van der Waals surface area contributed by atoms with Gasteiger partial charge in [0.25, 0.3) is 0 Å². The van der Waals surface area contributed by atoms with Gasteiger partial charge in [0.1, 0.15) is 12.4 Å². The molecular weight excluding hydrogens is 495 g/mol. The second-order valence-electron chi connectivity index (χ2n) is 7.81. The van der Waals surface area contributed by atoms with Crippen LogP contribution in [-0.4, -0.2) is 30.8 Å². The molecule has 1 heterocycles. The number of nitrogens with zero attached hydrogens (tertiary/aromatic N) is 1. The van der Waals surface area contributed by atoms with Crippen molar-refractivity contribution in [2.45, 2.75) is 24.3 Å². The molecule has 0 saturated carbocycles. The van der Waals surface area contributed by atoms with Gasteiger partial charge in [0.2, 0.25) is 5.88 Å². The average Bonchev–Trinajstić information content (AvgIpc) is 2.81. The van der Waals surface area contributed by atoms with Crippen molar-refractivity contribution in [1.82, 2.24) is 15.6 Å². The van der Waals surface area contributed by atoms with Gasteiger partial charge in [-0.25, -0.2) is 14.2 Å². The summed E-state index contributed by atoms with van der Waals surface area (Å²) >= 11 is 0. The van der Waals surface area contributed by atoms with Gasteiger partial charge in [0, 0.05) is 24.2 Å². The maximum Gasteiger partial charge on any atom is 0.416 e. The molecule has 1 aromatic heterocycles. The number of aromatic nitrogens is 1. The van der Waals surface area contributed by atoms with Crippen LogP contribution in [0.1, 0.15) is 22.3 Å². The molecule has 12 heteroatoms. The number of halogens is 7. The smallest absolute Gasteiger partial charge is 0.416 e. The summed E-state index contributed by atoms with van der Waals surface area (Å²) < 4.78 is 98.3. The molecule has 0 radical (unpaired) electrons. The lowest BCUT2D eigenvalue weighted by molar-refractivity contribution is -0.137. The van der Waals surface area contributed by atoms with Crippen molar-refractivity contribution in [2.24, 2.45) is 0 Å². The van der Waals surface area contributed by atoms with Gasteiger partial charge in [-0.1, -0.05) is 30.3 Å². The Bertz CT molecular complexity index is 1180.